The maximum absolute atomic E-state index is 3.59. The highest BCUT2D eigenvalue weighted by Gasteiger charge is 2.08. The summed E-state index contributed by atoms with van der Waals surface area (Å²) in [5.41, 5.74) is 2.99. The summed E-state index contributed by atoms with van der Waals surface area (Å²) in [5, 5.41) is 0.977. The Bertz CT molecular complexity index is 332. The summed E-state index contributed by atoms with van der Waals surface area (Å²) < 4.78 is 0. The van der Waals surface area contributed by atoms with Crippen LogP contribution in [0, 0.1) is 0 Å². The number of hydrogen-bond donors (Lipinski definition) is 0. The highest BCUT2D eigenvalue weighted by molar-refractivity contribution is 9.08. The minimum Gasteiger partial charge on any atom is -0.0876 e. The molecular formula is C18H29Br. The van der Waals surface area contributed by atoms with Crippen LogP contribution in [-0.2, 0) is 5.33 Å². The molecule has 0 fully saturated rings. The summed E-state index contributed by atoms with van der Waals surface area (Å²) in [4.78, 5) is 0. The first kappa shape index (κ1) is 16.8. The average Bonchev–Trinajstić information content (AvgIpc) is 2.46. The summed E-state index contributed by atoms with van der Waals surface area (Å²) in [6.07, 6.45) is 11.2. The second-order valence-electron chi connectivity index (χ2n) is 5.64. The smallest absolute Gasteiger partial charge is 0.0285 e. The molecule has 0 bridgehead atoms. The Morgan fingerprint density at radius 2 is 1.58 bits per heavy atom. The van der Waals surface area contributed by atoms with Crippen LogP contribution in [0.1, 0.15) is 82.3 Å². The van der Waals surface area contributed by atoms with Crippen molar-refractivity contribution in [1.29, 1.82) is 0 Å². The third kappa shape index (κ3) is 6.61. The van der Waals surface area contributed by atoms with Crippen LogP contribution in [0.25, 0.3) is 0 Å². The third-order valence-corrected chi connectivity index (χ3v) is 4.57. The predicted molar refractivity (Wildman–Crippen MR) is 90.1 cm³/mol. The standard InChI is InChI=1S/C18H29Br/c1-3-4-5-6-7-8-9-12-16(2)18-14-11-10-13-17(18)15-19/h10-11,13-14,16H,3-9,12,15H2,1-2H3. The molecule has 0 amide bonds. The monoisotopic (exact) mass is 324 g/mol. The summed E-state index contributed by atoms with van der Waals surface area (Å²) in [6.45, 7) is 4.65. The van der Waals surface area contributed by atoms with E-state index >= 15 is 0 Å². The molecule has 19 heavy (non-hydrogen) atoms. The fraction of sp³-hybridized carbons (Fsp3) is 0.667. The Morgan fingerprint density at radius 1 is 0.947 bits per heavy atom. The van der Waals surface area contributed by atoms with Crippen molar-refractivity contribution in [2.24, 2.45) is 0 Å². The van der Waals surface area contributed by atoms with Gasteiger partial charge in [0.05, 0.1) is 0 Å². The fourth-order valence-electron chi connectivity index (χ4n) is 2.70. The zero-order valence-corrected chi connectivity index (χ0v) is 14.2. The van der Waals surface area contributed by atoms with E-state index in [1.807, 2.05) is 0 Å². The summed E-state index contributed by atoms with van der Waals surface area (Å²) >= 11 is 3.59. The van der Waals surface area contributed by atoms with E-state index in [9.17, 15) is 0 Å². The van der Waals surface area contributed by atoms with Crippen LogP contribution in [0.2, 0.25) is 0 Å². The van der Waals surface area contributed by atoms with E-state index in [1.165, 1.54) is 62.5 Å². The quantitative estimate of drug-likeness (QED) is 0.327. The van der Waals surface area contributed by atoms with Crippen LogP contribution < -0.4 is 0 Å². The molecule has 0 nitrogen and oxygen atoms in total. The Morgan fingerprint density at radius 3 is 2.26 bits per heavy atom. The van der Waals surface area contributed by atoms with Crippen LogP contribution in [0.3, 0.4) is 0 Å². The first-order valence-electron chi connectivity index (χ1n) is 7.93. The highest BCUT2D eigenvalue weighted by atomic mass is 79.9. The highest BCUT2D eigenvalue weighted by Crippen LogP contribution is 2.26. The first-order chi connectivity index (χ1) is 9.29. The lowest BCUT2D eigenvalue weighted by Crippen LogP contribution is -1.98. The van der Waals surface area contributed by atoms with E-state index in [0.29, 0.717) is 5.92 Å². The molecule has 0 heterocycles. The van der Waals surface area contributed by atoms with E-state index in [-0.39, 0.29) is 0 Å². The van der Waals surface area contributed by atoms with E-state index in [2.05, 4.69) is 54.0 Å². The van der Waals surface area contributed by atoms with Crippen LogP contribution in [0.5, 0.6) is 0 Å². The molecule has 1 rings (SSSR count). The second-order valence-corrected chi connectivity index (χ2v) is 6.20. The Balaban J connectivity index is 2.22. The number of rotatable bonds is 10. The zero-order chi connectivity index (χ0) is 13.9. The van der Waals surface area contributed by atoms with Gasteiger partial charge in [-0.3, -0.25) is 0 Å². The summed E-state index contributed by atoms with van der Waals surface area (Å²) in [7, 11) is 0. The molecule has 1 heteroatoms. The Labute approximate surface area is 128 Å². The topological polar surface area (TPSA) is 0 Å². The van der Waals surface area contributed by atoms with Gasteiger partial charge in [0.25, 0.3) is 0 Å². The van der Waals surface area contributed by atoms with Crippen LogP contribution in [0.4, 0.5) is 0 Å². The predicted octanol–water partition coefficient (Wildman–Crippen LogP) is 6.83. The Kier molecular flexibility index (Phi) is 9.24. The molecule has 0 spiro atoms. The molecule has 1 atom stereocenters. The third-order valence-electron chi connectivity index (χ3n) is 3.97. The van der Waals surface area contributed by atoms with Gasteiger partial charge < -0.3 is 0 Å². The summed E-state index contributed by atoms with van der Waals surface area (Å²) in [5.74, 6) is 0.699. The molecule has 0 saturated carbocycles. The lowest BCUT2D eigenvalue weighted by atomic mass is 9.91. The maximum atomic E-state index is 3.59. The number of unbranched alkanes of at least 4 members (excludes halogenated alkanes) is 6. The van der Waals surface area contributed by atoms with Crippen molar-refractivity contribution in [1.82, 2.24) is 0 Å². The van der Waals surface area contributed by atoms with Gasteiger partial charge in [-0.1, -0.05) is 99.0 Å². The molecule has 1 aromatic rings. The van der Waals surface area contributed by atoms with Crippen LogP contribution in [0.15, 0.2) is 24.3 Å². The van der Waals surface area contributed by atoms with Crippen LogP contribution >= 0.6 is 15.9 Å². The fourth-order valence-corrected chi connectivity index (χ4v) is 3.21. The minimum absolute atomic E-state index is 0.699. The van der Waals surface area contributed by atoms with Gasteiger partial charge in [-0.25, -0.2) is 0 Å². The van der Waals surface area contributed by atoms with E-state index in [0.717, 1.165) is 5.33 Å². The van der Waals surface area contributed by atoms with Gasteiger partial charge in [0, 0.05) is 5.33 Å². The molecule has 0 aliphatic carbocycles. The van der Waals surface area contributed by atoms with E-state index < -0.39 is 0 Å². The van der Waals surface area contributed by atoms with Crippen molar-refractivity contribution in [3.63, 3.8) is 0 Å². The molecule has 0 aliphatic rings. The van der Waals surface area contributed by atoms with Gasteiger partial charge in [0.2, 0.25) is 0 Å². The summed E-state index contributed by atoms with van der Waals surface area (Å²) in [6, 6.07) is 8.84. The molecule has 0 saturated heterocycles. The lowest BCUT2D eigenvalue weighted by molar-refractivity contribution is 0.548. The van der Waals surface area contributed by atoms with Gasteiger partial charge in [-0.05, 0) is 23.5 Å². The molecule has 1 unspecified atom stereocenters. The molecule has 0 radical (unpaired) electrons. The molecule has 1 aromatic carbocycles. The number of alkyl halides is 1. The first-order valence-corrected chi connectivity index (χ1v) is 9.05. The number of halogens is 1. The van der Waals surface area contributed by atoms with E-state index in [4.69, 9.17) is 0 Å². The Hall–Kier alpha value is -0.300. The average molecular weight is 325 g/mol. The molecule has 0 aromatic heterocycles. The van der Waals surface area contributed by atoms with Gasteiger partial charge in [-0.2, -0.15) is 0 Å². The number of benzene rings is 1. The van der Waals surface area contributed by atoms with Gasteiger partial charge in [0.1, 0.15) is 0 Å². The van der Waals surface area contributed by atoms with Gasteiger partial charge >= 0.3 is 0 Å². The van der Waals surface area contributed by atoms with Crippen molar-refractivity contribution in [2.75, 3.05) is 0 Å². The second kappa shape index (κ2) is 10.5. The maximum Gasteiger partial charge on any atom is 0.0285 e. The van der Waals surface area contributed by atoms with Gasteiger partial charge in [0.15, 0.2) is 0 Å². The van der Waals surface area contributed by atoms with Crippen molar-refractivity contribution in [2.45, 2.75) is 76.5 Å². The largest absolute Gasteiger partial charge is 0.0876 e. The van der Waals surface area contributed by atoms with Crippen molar-refractivity contribution in [3.05, 3.63) is 35.4 Å². The molecular weight excluding hydrogens is 296 g/mol. The van der Waals surface area contributed by atoms with E-state index in [1.54, 1.807) is 0 Å². The van der Waals surface area contributed by atoms with Gasteiger partial charge in [-0.15, -0.1) is 0 Å². The minimum atomic E-state index is 0.699. The molecule has 108 valence electrons. The van der Waals surface area contributed by atoms with Crippen molar-refractivity contribution in [3.8, 4) is 0 Å². The zero-order valence-electron chi connectivity index (χ0n) is 12.6. The molecule has 0 aliphatic heterocycles. The number of hydrogen-bond acceptors (Lipinski definition) is 0. The van der Waals surface area contributed by atoms with Crippen LogP contribution in [-0.4, -0.2) is 0 Å². The lowest BCUT2D eigenvalue weighted by Gasteiger charge is -2.15. The van der Waals surface area contributed by atoms with Crippen molar-refractivity contribution < 1.29 is 0 Å². The van der Waals surface area contributed by atoms with Crippen molar-refractivity contribution >= 4 is 15.9 Å². The molecule has 0 N–H and O–H groups in total. The normalized spacial score (nSPS) is 12.6. The SMILES string of the molecule is CCCCCCCCCC(C)c1ccccc1CBr.